The number of hydrogen-bond acceptors (Lipinski definition) is 4. The number of benzene rings is 2. The fourth-order valence-electron chi connectivity index (χ4n) is 3.25. The van der Waals surface area contributed by atoms with Crippen LogP contribution in [0.3, 0.4) is 0 Å². The number of nitrogens with zero attached hydrogens (tertiary/aromatic N) is 1. The molecule has 0 aliphatic rings. The average molecular weight is 412 g/mol. The van der Waals surface area contributed by atoms with Crippen LogP contribution in [-0.2, 0) is 16.9 Å². The van der Waals surface area contributed by atoms with Gasteiger partial charge in [0.15, 0.2) is 9.84 Å². The van der Waals surface area contributed by atoms with E-state index in [1.165, 1.54) is 42.6 Å². The quantitative estimate of drug-likeness (QED) is 0.552. The number of aryl methyl sites for hydroxylation is 1. The van der Waals surface area contributed by atoms with Crippen molar-refractivity contribution in [2.75, 3.05) is 6.26 Å². The van der Waals surface area contributed by atoms with Gasteiger partial charge in [0.1, 0.15) is 22.8 Å². The third-order valence-electron chi connectivity index (χ3n) is 4.61. The molecule has 0 amide bonds. The molecule has 0 saturated heterocycles. The van der Waals surface area contributed by atoms with Crippen LogP contribution in [0.1, 0.15) is 0 Å². The van der Waals surface area contributed by atoms with Gasteiger partial charge in [-0.25, -0.2) is 12.8 Å². The van der Waals surface area contributed by atoms with E-state index in [4.69, 9.17) is 4.74 Å². The number of aromatic amines is 1. The highest BCUT2D eigenvalue weighted by molar-refractivity contribution is 7.90. The second-order valence-corrected chi connectivity index (χ2v) is 8.72. The van der Waals surface area contributed by atoms with E-state index in [1.54, 1.807) is 29.9 Å². The van der Waals surface area contributed by atoms with Gasteiger partial charge in [0.25, 0.3) is 5.56 Å². The molecule has 0 aliphatic heterocycles. The predicted octanol–water partition coefficient (Wildman–Crippen LogP) is 3.87. The highest BCUT2D eigenvalue weighted by Crippen LogP contribution is 2.38. The van der Waals surface area contributed by atoms with E-state index in [2.05, 4.69) is 4.98 Å². The topological polar surface area (TPSA) is 81.2 Å². The molecular formula is C21H17FN2O4S. The van der Waals surface area contributed by atoms with Crippen molar-refractivity contribution in [1.29, 1.82) is 0 Å². The Morgan fingerprint density at radius 2 is 1.76 bits per heavy atom. The molecule has 0 fully saturated rings. The van der Waals surface area contributed by atoms with E-state index in [0.717, 1.165) is 6.26 Å². The molecule has 4 aromatic rings. The summed E-state index contributed by atoms with van der Waals surface area (Å²) in [5.74, 6) is 0.396. The number of pyridine rings is 1. The summed E-state index contributed by atoms with van der Waals surface area (Å²) >= 11 is 0. The molecule has 0 aliphatic carbocycles. The van der Waals surface area contributed by atoms with Crippen LogP contribution in [0.2, 0.25) is 0 Å². The smallest absolute Gasteiger partial charge is 0.272 e. The number of ether oxygens (including phenoxy) is 1. The first-order valence-corrected chi connectivity index (χ1v) is 10.6. The minimum atomic E-state index is -3.46. The van der Waals surface area contributed by atoms with Gasteiger partial charge in [-0.1, -0.05) is 0 Å². The molecule has 148 valence electrons. The van der Waals surface area contributed by atoms with Crippen molar-refractivity contribution < 1.29 is 17.5 Å². The summed E-state index contributed by atoms with van der Waals surface area (Å²) in [4.78, 5) is 15.0. The molecule has 4 rings (SSSR count). The molecule has 8 heteroatoms. The van der Waals surface area contributed by atoms with Crippen molar-refractivity contribution in [2.45, 2.75) is 4.90 Å². The predicted molar refractivity (Wildman–Crippen MR) is 109 cm³/mol. The summed E-state index contributed by atoms with van der Waals surface area (Å²) in [5, 5.41) is 0.658. The van der Waals surface area contributed by atoms with Gasteiger partial charge in [-0.3, -0.25) is 4.79 Å². The van der Waals surface area contributed by atoms with Gasteiger partial charge in [0.2, 0.25) is 0 Å². The van der Waals surface area contributed by atoms with Crippen molar-refractivity contribution in [2.24, 2.45) is 7.05 Å². The zero-order chi connectivity index (χ0) is 20.8. The molecule has 0 unspecified atom stereocenters. The van der Waals surface area contributed by atoms with E-state index < -0.39 is 15.7 Å². The molecular weight excluding hydrogens is 395 g/mol. The number of rotatable bonds is 4. The number of fused-ring (bicyclic) bond motifs is 1. The van der Waals surface area contributed by atoms with Crippen molar-refractivity contribution in [3.05, 3.63) is 77.1 Å². The first kappa shape index (κ1) is 18.9. The Hall–Kier alpha value is -3.39. The summed E-state index contributed by atoms with van der Waals surface area (Å²) in [6.07, 6.45) is 4.41. The minimum absolute atomic E-state index is 0.126. The summed E-state index contributed by atoms with van der Waals surface area (Å²) in [7, 11) is -1.72. The molecule has 0 bridgehead atoms. The van der Waals surface area contributed by atoms with Crippen LogP contribution in [0, 0.1) is 5.82 Å². The van der Waals surface area contributed by atoms with Crippen LogP contribution in [0.25, 0.3) is 22.0 Å². The normalized spacial score (nSPS) is 11.7. The summed E-state index contributed by atoms with van der Waals surface area (Å²) in [6.45, 7) is 0. The van der Waals surface area contributed by atoms with Gasteiger partial charge < -0.3 is 14.3 Å². The van der Waals surface area contributed by atoms with Gasteiger partial charge in [-0.2, -0.15) is 0 Å². The lowest BCUT2D eigenvalue weighted by Gasteiger charge is -2.12. The number of halogens is 1. The standard InChI is InChI=1S/C21H17FN2O4S/c1-24-12-18(16-9-10-23-21(25)20(16)24)17-11-15(29(2,26)27)7-8-19(17)28-14-5-3-13(22)4-6-14/h3-12H,1-2H3,(H,23,25). The van der Waals surface area contributed by atoms with Crippen LogP contribution >= 0.6 is 0 Å². The Morgan fingerprint density at radius 3 is 2.45 bits per heavy atom. The molecule has 2 aromatic carbocycles. The summed E-state index contributed by atoms with van der Waals surface area (Å²) < 4.78 is 45.0. The van der Waals surface area contributed by atoms with Crippen molar-refractivity contribution in [1.82, 2.24) is 9.55 Å². The zero-order valence-electron chi connectivity index (χ0n) is 15.6. The first-order chi connectivity index (χ1) is 13.7. The minimum Gasteiger partial charge on any atom is -0.457 e. The zero-order valence-corrected chi connectivity index (χ0v) is 16.5. The summed E-state index contributed by atoms with van der Waals surface area (Å²) in [5.41, 5.74) is 1.36. The van der Waals surface area contributed by atoms with Crippen LogP contribution < -0.4 is 10.3 Å². The van der Waals surface area contributed by atoms with Crippen LogP contribution in [0.15, 0.2) is 70.6 Å². The van der Waals surface area contributed by atoms with E-state index in [-0.39, 0.29) is 10.5 Å². The van der Waals surface area contributed by atoms with Crippen LogP contribution in [0.5, 0.6) is 11.5 Å². The van der Waals surface area contributed by atoms with Crippen molar-refractivity contribution in [3.63, 3.8) is 0 Å². The second-order valence-electron chi connectivity index (χ2n) is 6.71. The Labute approximate surface area is 166 Å². The number of sulfone groups is 1. The Kier molecular flexibility index (Phi) is 4.50. The molecule has 0 saturated carbocycles. The Morgan fingerprint density at radius 1 is 1.03 bits per heavy atom. The largest absolute Gasteiger partial charge is 0.457 e. The van der Waals surface area contributed by atoms with Crippen LogP contribution in [-0.4, -0.2) is 24.2 Å². The van der Waals surface area contributed by atoms with E-state index in [9.17, 15) is 17.6 Å². The number of nitrogens with one attached hydrogen (secondary N) is 1. The third-order valence-corrected chi connectivity index (χ3v) is 5.72. The molecule has 6 nitrogen and oxygen atoms in total. The van der Waals surface area contributed by atoms with Gasteiger partial charge in [0, 0.05) is 42.2 Å². The maximum atomic E-state index is 13.2. The van der Waals surface area contributed by atoms with E-state index in [0.29, 0.717) is 33.5 Å². The van der Waals surface area contributed by atoms with Gasteiger partial charge in [0.05, 0.1) is 4.90 Å². The molecule has 0 spiro atoms. The monoisotopic (exact) mass is 412 g/mol. The number of hydrogen-bond donors (Lipinski definition) is 1. The number of aromatic nitrogens is 2. The highest BCUT2D eigenvalue weighted by atomic mass is 32.2. The average Bonchev–Trinajstić information content (AvgIpc) is 3.01. The van der Waals surface area contributed by atoms with Crippen LogP contribution in [0.4, 0.5) is 4.39 Å². The van der Waals surface area contributed by atoms with Crippen molar-refractivity contribution in [3.8, 4) is 22.6 Å². The molecule has 0 radical (unpaired) electrons. The van der Waals surface area contributed by atoms with E-state index in [1.807, 2.05) is 0 Å². The molecule has 0 atom stereocenters. The summed E-state index contributed by atoms with van der Waals surface area (Å²) in [6, 6.07) is 11.8. The maximum Gasteiger partial charge on any atom is 0.272 e. The SMILES string of the molecule is Cn1cc(-c2cc(S(C)(=O)=O)ccc2Oc2ccc(F)cc2)c2cc[nH]c(=O)c21. The maximum absolute atomic E-state index is 13.2. The molecule has 2 aromatic heterocycles. The fraction of sp³-hybridized carbons (Fsp3) is 0.0952. The van der Waals surface area contributed by atoms with Gasteiger partial charge in [-0.05, 0) is 48.5 Å². The number of H-pyrrole nitrogens is 1. The van der Waals surface area contributed by atoms with Gasteiger partial charge in [-0.15, -0.1) is 0 Å². The highest BCUT2D eigenvalue weighted by Gasteiger charge is 2.18. The fourth-order valence-corrected chi connectivity index (χ4v) is 3.90. The van der Waals surface area contributed by atoms with E-state index >= 15 is 0 Å². The first-order valence-electron chi connectivity index (χ1n) is 8.68. The molecule has 1 N–H and O–H groups in total. The molecule has 2 heterocycles. The molecule has 29 heavy (non-hydrogen) atoms. The van der Waals surface area contributed by atoms with Crippen molar-refractivity contribution >= 4 is 20.7 Å². The Bertz CT molecular complexity index is 1390. The third kappa shape index (κ3) is 3.54. The lowest BCUT2D eigenvalue weighted by Crippen LogP contribution is -2.07. The second kappa shape index (κ2) is 6.89. The van der Waals surface area contributed by atoms with Gasteiger partial charge >= 0.3 is 0 Å². The lowest BCUT2D eigenvalue weighted by molar-refractivity contribution is 0.482. The lowest BCUT2D eigenvalue weighted by atomic mass is 10.0. The Balaban J connectivity index is 1.96.